The first-order valence-corrected chi connectivity index (χ1v) is 8.02. The maximum Gasteiger partial charge on any atom is 0.263 e. The summed E-state index contributed by atoms with van der Waals surface area (Å²) in [7, 11) is 0. The Balaban J connectivity index is 1.69. The fourth-order valence-corrected chi connectivity index (χ4v) is 3.42. The Kier molecular flexibility index (Phi) is 3.94. The van der Waals surface area contributed by atoms with Crippen LogP contribution < -0.4 is 5.32 Å². The van der Waals surface area contributed by atoms with Crippen molar-refractivity contribution in [2.75, 3.05) is 6.54 Å². The number of benzene rings is 1. The van der Waals surface area contributed by atoms with Crippen LogP contribution in [0.1, 0.15) is 26.2 Å². The van der Waals surface area contributed by atoms with Crippen molar-refractivity contribution in [3.8, 4) is 0 Å². The molecule has 22 heavy (non-hydrogen) atoms. The van der Waals surface area contributed by atoms with Crippen LogP contribution >= 0.6 is 11.3 Å². The van der Waals surface area contributed by atoms with E-state index in [1.54, 1.807) is 0 Å². The molecule has 0 saturated heterocycles. The molecule has 5 nitrogen and oxygen atoms in total. The fourth-order valence-electron chi connectivity index (χ4n) is 2.58. The van der Waals surface area contributed by atoms with Gasteiger partial charge in [-0.05, 0) is 32.9 Å². The van der Waals surface area contributed by atoms with Gasteiger partial charge in [0, 0.05) is 13.1 Å². The van der Waals surface area contributed by atoms with Crippen LogP contribution in [0.4, 0.5) is 0 Å². The number of thiazole rings is 1. The standard InChI is InChI=1S/C16H18N4OS/c1-10-15(22-12(3)18-10)16(21)17-8-9-20-11(2)19-13-6-4-5-7-14(13)20/h4-7H,8-9H2,1-3H3,(H,17,21). The molecule has 3 rings (SSSR count). The van der Waals surface area contributed by atoms with Gasteiger partial charge in [-0.1, -0.05) is 12.1 Å². The number of fused-ring (bicyclic) bond motifs is 1. The molecule has 1 amide bonds. The Morgan fingerprint density at radius 1 is 1.23 bits per heavy atom. The second kappa shape index (κ2) is 5.88. The molecule has 0 spiro atoms. The summed E-state index contributed by atoms with van der Waals surface area (Å²) in [5, 5.41) is 3.88. The number of nitrogens with zero attached hydrogens (tertiary/aromatic N) is 3. The molecule has 6 heteroatoms. The van der Waals surface area contributed by atoms with Gasteiger partial charge < -0.3 is 9.88 Å². The van der Waals surface area contributed by atoms with Gasteiger partial charge in [-0.15, -0.1) is 11.3 Å². The Bertz CT molecular complexity index is 834. The lowest BCUT2D eigenvalue weighted by molar-refractivity contribution is 0.0955. The Hall–Kier alpha value is -2.21. The molecular weight excluding hydrogens is 296 g/mol. The Morgan fingerprint density at radius 2 is 2.00 bits per heavy atom. The van der Waals surface area contributed by atoms with Gasteiger partial charge in [0.25, 0.3) is 5.91 Å². The van der Waals surface area contributed by atoms with E-state index in [-0.39, 0.29) is 5.91 Å². The molecule has 0 aliphatic heterocycles. The molecule has 0 fully saturated rings. The molecule has 0 aliphatic carbocycles. The summed E-state index contributed by atoms with van der Waals surface area (Å²) in [6.45, 7) is 7.03. The summed E-state index contributed by atoms with van der Waals surface area (Å²) < 4.78 is 2.13. The van der Waals surface area contributed by atoms with Crippen molar-refractivity contribution in [3.63, 3.8) is 0 Å². The second-order valence-electron chi connectivity index (χ2n) is 5.20. The van der Waals surface area contributed by atoms with E-state index in [2.05, 4.69) is 19.9 Å². The van der Waals surface area contributed by atoms with Gasteiger partial charge in [0.05, 0.1) is 21.7 Å². The lowest BCUT2D eigenvalue weighted by Crippen LogP contribution is -2.27. The zero-order valence-electron chi connectivity index (χ0n) is 12.9. The summed E-state index contributed by atoms with van der Waals surface area (Å²) in [4.78, 5) is 21.7. The summed E-state index contributed by atoms with van der Waals surface area (Å²) in [5.74, 6) is 0.908. The summed E-state index contributed by atoms with van der Waals surface area (Å²) >= 11 is 1.43. The highest BCUT2D eigenvalue weighted by Crippen LogP contribution is 2.17. The van der Waals surface area contributed by atoms with E-state index in [1.807, 2.05) is 45.0 Å². The third-order valence-corrected chi connectivity index (χ3v) is 4.65. The molecule has 0 saturated carbocycles. The smallest absolute Gasteiger partial charge is 0.263 e. The first-order chi connectivity index (χ1) is 10.6. The number of hydrogen-bond donors (Lipinski definition) is 1. The minimum Gasteiger partial charge on any atom is -0.349 e. The highest BCUT2D eigenvalue weighted by Gasteiger charge is 2.13. The van der Waals surface area contributed by atoms with Crippen molar-refractivity contribution in [1.29, 1.82) is 0 Å². The quantitative estimate of drug-likeness (QED) is 0.805. The lowest BCUT2D eigenvalue weighted by atomic mass is 10.3. The predicted octanol–water partition coefficient (Wildman–Crippen LogP) is 2.85. The van der Waals surface area contributed by atoms with Crippen LogP contribution in [0.25, 0.3) is 11.0 Å². The fraction of sp³-hybridized carbons (Fsp3) is 0.312. The highest BCUT2D eigenvalue weighted by molar-refractivity contribution is 7.13. The first kappa shape index (κ1) is 14.7. The number of amides is 1. The average molecular weight is 314 g/mol. The molecule has 3 aromatic rings. The molecule has 0 unspecified atom stereocenters. The van der Waals surface area contributed by atoms with Crippen molar-refractivity contribution in [2.24, 2.45) is 0 Å². The van der Waals surface area contributed by atoms with Crippen LogP contribution in [0.15, 0.2) is 24.3 Å². The number of carbonyl (C=O) groups is 1. The summed E-state index contributed by atoms with van der Waals surface area (Å²) in [6, 6.07) is 8.03. The van der Waals surface area contributed by atoms with Crippen LogP contribution in [0, 0.1) is 20.8 Å². The van der Waals surface area contributed by atoms with E-state index >= 15 is 0 Å². The molecule has 1 aromatic carbocycles. The van der Waals surface area contributed by atoms with E-state index < -0.39 is 0 Å². The number of aromatic nitrogens is 3. The largest absolute Gasteiger partial charge is 0.349 e. The molecule has 0 radical (unpaired) electrons. The molecule has 0 atom stereocenters. The Labute approximate surface area is 133 Å². The van der Waals surface area contributed by atoms with E-state index in [4.69, 9.17) is 0 Å². The minimum absolute atomic E-state index is 0.0508. The van der Waals surface area contributed by atoms with E-state index in [1.165, 1.54) is 11.3 Å². The van der Waals surface area contributed by atoms with Crippen LogP contribution in [-0.4, -0.2) is 27.0 Å². The van der Waals surface area contributed by atoms with Crippen LogP contribution in [0.5, 0.6) is 0 Å². The second-order valence-corrected chi connectivity index (χ2v) is 6.41. The van der Waals surface area contributed by atoms with Gasteiger partial charge in [-0.25, -0.2) is 9.97 Å². The number of carbonyl (C=O) groups excluding carboxylic acids is 1. The number of aryl methyl sites for hydroxylation is 3. The molecule has 0 aliphatic rings. The third-order valence-electron chi connectivity index (χ3n) is 3.58. The average Bonchev–Trinajstić information content (AvgIpc) is 2.98. The monoisotopic (exact) mass is 314 g/mol. The van der Waals surface area contributed by atoms with Crippen LogP contribution in [0.2, 0.25) is 0 Å². The zero-order valence-corrected chi connectivity index (χ0v) is 13.7. The van der Waals surface area contributed by atoms with Gasteiger partial charge >= 0.3 is 0 Å². The van der Waals surface area contributed by atoms with Gasteiger partial charge in [-0.3, -0.25) is 4.79 Å². The van der Waals surface area contributed by atoms with E-state index in [0.717, 1.165) is 27.6 Å². The van der Waals surface area contributed by atoms with Gasteiger partial charge in [0.1, 0.15) is 10.7 Å². The molecule has 1 N–H and O–H groups in total. The van der Waals surface area contributed by atoms with Crippen molar-refractivity contribution in [3.05, 3.63) is 45.7 Å². The maximum atomic E-state index is 12.2. The number of rotatable bonds is 4. The van der Waals surface area contributed by atoms with E-state index in [9.17, 15) is 4.79 Å². The molecular formula is C16H18N4OS. The molecule has 0 bridgehead atoms. The number of para-hydroxylation sites is 2. The molecule has 114 valence electrons. The Morgan fingerprint density at radius 3 is 2.73 bits per heavy atom. The first-order valence-electron chi connectivity index (χ1n) is 7.20. The number of imidazole rings is 1. The molecule has 2 aromatic heterocycles. The maximum absolute atomic E-state index is 12.2. The third kappa shape index (κ3) is 2.74. The molecule has 2 heterocycles. The van der Waals surface area contributed by atoms with Gasteiger partial charge in [0.2, 0.25) is 0 Å². The topological polar surface area (TPSA) is 59.8 Å². The SMILES string of the molecule is Cc1nc(C)c(C(=O)NCCn2c(C)nc3ccccc32)s1. The van der Waals surface area contributed by atoms with Crippen LogP contribution in [-0.2, 0) is 6.54 Å². The predicted molar refractivity (Wildman–Crippen MR) is 88.4 cm³/mol. The number of nitrogens with one attached hydrogen (secondary N) is 1. The van der Waals surface area contributed by atoms with Gasteiger partial charge in [0.15, 0.2) is 0 Å². The van der Waals surface area contributed by atoms with Crippen molar-refractivity contribution in [1.82, 2.24) is 19.9 Å². The summed E-state index contributed by atoms with van der Waals surface area (Å²) in [5.41, 5.74) is 2.88. The highest BCUT2D eigenvalue weighted by atomic mass is 32.1. The zero-order chi connectivity index (χ0) is 15.7. The normalized spacial score (nSPS) is 11.0. The van der Waals surface area contributed by atoms with Crippen molar-refractivity contribution < 1.29 is 4.79 Å². The number of hydrogen-bond acceptors (Lipinski definition) is 4. The van der Waals surface area contributed by atoms with Crippen LogP contribution in [0.3, 0.4) is 0 Å². The van der Waals surface area contributed by atoms with E-state index in [0.29, 0.717) is 18.0 Å². The lowest BCUT2D eigenvalue weighted by Gasteiger charge is -2.08. The summed E-state index contributed by atoms with van der Waals surface area (Å²) in [6.07, 6.45) is 0. The van der Waals surface area contributed by atoms with Crippen molar-refractivity contribution in [2.45, 2.75) is 27.3 Å². The van der Waals surface area contributed by atoms with Crippen molar-refractivity contribution >= 4 is 28.3 Å². The van der Waals surface area contributed by atoms with Gasteiger partial charge in [-0.2, -0.15) is 0 Å². The minimum atomic E-state index is -0.0508.